The molecular formula is C21H22ClN5O. The molecule has 144 valence electrons. The number of hydrogen-bond acceptors (Lipinski definition) is 4. The quantitative estimate of drug-likeness (QED) is 0.736. The minimum Gasteiger partial charge on any atom is -0.326 e. The van der Waals surface area contributed by atoms with Gasteiger partial charge >= 0.3 is 0 Å². The monoisotopic (exact) mass is 395 g/mol. The van der Waals surface area contributed by atoms with E-state index in [1.54, 1.807) is 4.68 Å². The average molecular weight is 396 g/mol. The molecule has 2 aromatic carbocycles. The molecule has 1 aromatic heterocycles. The first-order valence-corrected chi connectivity index (χ1v) is 9.83. The first kappa shape index (κ1) is 18.7. The maximum atomic E-state index is 13.3. The molecule has 1 amide bonds. The smallest absolute Gasteiger partial charge is 0.294 e. The molecule has 0 bridgehead atoms. The number of rotatable bonds is 4. The number of carbonyl (C=O) groups is 1. The van der Waals surface area contributed by atoms with Crippen molar-refractivity contribution in [2.75, 3.05) is 19.6 Å². The van der Waals surface area contributed by atoms with Crippen LogP contribution in [0.15, 0.2) is 54.6 Å². The molecule has 1 aliphatic heterocycles. The summed E-state index contributed by atoms with van der Waals surface area (Å²) in [7, 11) is 0. The van der Waals surface area contributed by atoms with E-state index in [4.69, 9.17) is 11.6 Å². The second kappa shape index (κ2) is 8.12. The zero-order valence-corrected chi connectivity index (χ0v) is 16.4. The fourth-order valence-corrected chi connectivity index (χ4v) is 3.73. The van der Waals surface area contributed by atoms with Crippen LogP contribution in [0, 0.1) is 0 Å². The van der Waals surface area contributed by atoms with Gasteiger partial charge in [-0.25, -0.2) is 9.67 Å². The van der Waals surface area contributed by atoms with Crippen molar-refractivity contribution >= 4 is 17.5 Å². The summed E-state index contributed by atoms with van der Waals surface area (Å²) in [6.07, 6.45) is 0.689. The molecule has 1 unspecified atom stereocenters. The van der Waals surface area contributed by atoms with Gasteiger partial charge in [-0.2, -0.15) is 0 Å². The Labute approximate surface area is 169 Å². The number of nitrogens with one attached hydrogen (secondary N) is 1. The Kier molecular flexibility index (Phi) is 5.41. The molecule has 0 saturated carbocycles. The van der Waals surface area contributed by atoms with Crippen LogP contribution in [-0.2, 0) is 6.42 Å². The highest BCUT2D eigenvalue weighted by Gasteiger charge is 2.31. The van der Waals surface area contributed by atoms with Crippen molar-refractivity contribution in [2.45, 2.75) is 19.4 Å². The Hall–Kier alpha value is -2.70. The normalized spacial score (nSPS) is 16.9. The fraction of sp³-hybridized carbons (Fsp3) is 0.286. The third-order valence-electron chi connectivity index (χ3n) is 4.92. The number of nitrogens with zero attached hydrogens (tertiary/aromatic N) is 4. The highest BCUT2D eigenvalue weighted by molar-refractivity contribution is 6.30. The van der Waals surface area contributed by atoms with E-state index in [2.05, 4.69) is 15.4 Å². The molecule has 0 radical (unpaired) electrons. The summed E-state index contributed by atoms with van der Waals surface area (Å²) >= 11 is 6.17. The van der Waals surface area contributed by atoms with Gasteiger partial charge in [0.25, 0.3) is 5.91 Å². The molecule has 28 heavy (non-hydrogen) atoms. The van der Waals surface area contributed by atoms with E-state index in [9.17, 15) is 4.79 Å². The van der Waals surface area contributed by atoms with Gasteiger partial charge in [0.05, 0.1) is 11.7 Å². The predicted molar refractivity (Wildman–Crippen MR) is 109 cm³/mol. The molecule has 1 saturated heterocycles. The number of carbonyl (C=O) groups excluding carboxylic acids is 1. The molecule has 1 atom stereocenters. The molecule has 6 nitrogen and oxygen atoms in total. The van der Waals surface area contributed by atoms with Crippen LogP contribution in [0.1, 0.15) is 35.0 Å². The van der Waals surface area contributed by atoms with Gasteiger partial charge in [-0.15, -0.1) is 5.10 Å². The number of piperazine rings is 1. The minimum atomic E-state index is -0.157. The van der Waals surface area contributed by atoms with Gasteiger partial charge in [0.1, 0.15) is 5.82 Å². The second-order valence-electron chi connectivity index (χ2n) is 6.73. The molecule has 1 N–H and O–H groups in total. The number of benzene rings is 2. The van der Waals surface area contributed by atoms with Crippen LogP contribution in [0.2, 0.25) is 5.02 Å². The predicted octanol–water partition coefficient (Wildman–Crippen LogP) is 3.27. The lowest BCUT2D eigenvalue weighted by molar-refractivity contribution is 0.0621. The zero-order valence-electron chi connectivity index (χ0n) is 15.7. The summed E-state index contributed by atoms with van der Waals surface area (Å²) in [6, 6.07) is 17.3. The Morgan fingerprint density at radius 1 is 1.21 bits per heavy atom. The number of aryl methyl sites for hydroxylation is 1. The van der Waals surface area contributed by atoms with E-state index in [1.807, 2.05) is 66.4 Å². The molecule has 1 aliphatic rings. The van der Waals surface area contributed by atoms with Crippen molar-refractivity contribution in [3.63, 3.8) is 0 Å². The summed E-state index contributed by atoms with van der Waals surface area (Å²) < 4.78 is 1.75. The topological polar surface area (TPSA) is 63.1 Å². The van der Waals surface area contributed by atoms with Crippen LogP contribution in [0.5, 0.6) is 0 Å². The summed E-state index contributed by atoms with van der Waals surface area (Å²) in [4.78, 5) is 19.7. The standard InChI is InChI=1S/C21H22ClN5O/c1-2-19-24-20(25-27(19)17-9-4-3-5-10-17)21(28)26-12-11-23-14-18(26)15-7-6-8-16(22)13-15/h3-10,13,18,23H,2,11-12,14H2,1H3. The van der Waals surface area contributed by atoms with Crippen LogP contribution >= 0.6 is 11.6 Å². The first-order valence-electron chi connectivity index (χ1n) is 9.46. The van der Waals surface area contributed by atoms with Gasteiger partial charge in [-0.1, -0.05) is 48.9 Å². The number of hydrogen-bond donors (Lipinski definition) is 1. The zero-order chi connectivity index (χ0) is 19.5. The lowest BCUT2D eigenvalue weighted by Gasteiger charge is -2.36. The van der Waals surface area contributed by atoms with Gasteiger partial charge in [-0.3, -0.25) is 4.79 Å². The fourth-order valence-electron chi connectivity index (χ4n) is 3.53. The molecule has 1 fully saturated rings. The van der Waals surface area contributed by atoms with Crippen LogP contribution < -0.4 is 5.32 Å². The van der Waals surface area contributed by atoms with Gasteiger partial charge < -0.3 is 10.2 Å². The van der Waals surface area contributed by atoms with Crippen molar-refractivity contribution in [2.24, 2.45) is 0 Å². The minimum absolute atomic E-state index is 0.103. The molecule has 0 aliphatic carbocycles. The largest absolute Gasteiger partial charge is 0.326 e. The highest BCUT2D eigenvalue weighted by Crippen LogP contribution is 2.26. The Morgan fingerprint density at radius 3 is 2.79 bits per heavy atom. The SMILES string of the molecule is CCc1nc(C(=O)N2CCNCC2c2cccc(Cl)c2)nn1-c1ccccc1. The summed E-state index contributed by atoms with van der Waals surface area (Å²) in [5, 5.41) is 8.56. The summed E-state index contributed by atoms with van der Waals surface area (Å²) in [5.41, 5.74) is 1.91. The van der Waals surface area contributed by atoms with Crippen molar-refractivity contribution in [1.29, 1.82) is 0 Å². The first-order chi connectivity index (χ1) is 13.7. The van der Waals surface area contributed by atoms with Gasteiger partial charge in [0.2, 0.25) is 5.82 Å². The van der Waals surface area contributed by atoms with E-state index in [-0.39, 0.29) is 17.8 Å². The van der Waals surface area contributed by atoms with Gasteiger partial charge in [0.15, 0.2) is 0 Å². The number of aromatic nitrogens is 3. The summed E-state index contributed by atoms with van der Waals surface area (Å²) in [5.74, 6) is 0.842. The van der Waals surface area contributed by atoms with Crippen molar-refractivity contribution in [3.05, 3.63) is 76.8 Å². The lowest BCUT2D eigenvalue weighted by Crippen LogP contribution is -2.49. The van der Waals surface area contributed by atoms with E-state index in [0.29, 0.717) is 24.5 Å². The van der Waals surface area contributed by atoms with E-state index in [1.165, 1.54) is 0 Å². The maximum Gasteiger partial charge on any atom is 0.294 e. The number of amides is 1. The Morgan fingerprint density at radius 2 is 2.04 bits per heavy atom. The van der Waals surface area contributed by atoms with E-state index in [0.717, 1.165) is 23.6 Å². The van der Waals surface area contributed by atoms with Crippen molar-refractivity contribution in [1.82, 2.24) is 25.0 Å². The highest BCUT2D eigenvalue weighted by atomic mass is 35.5. The molecule has 7 heteroatoms. The van der Waals surface area contributed by atoms with Crippen LogP contribution in [0.3, 0.4) is 0 Å². The molecular weight excluding hydrogens is 374 g/mol. The Bertz CT molecular complexity index is 972. The van der Waals surface area contributed by atoms with Gasteiger partial charge in [-0.05, 0) is 29.8 Å². The maximum absolute atomic E-state index is 13.3. The van der Waals surface area contributed by atoms with E-state index < -0.39 is 0 Å². The second-order valence-corrected chi connectivity index (χ2v) is 7.16. The number of halogens is 1. The summed E-state index contributed by atoms with van der Waals surface area (Å²) in [6.45, 7) is 4.02. The molecule has 2 heterocycles. The molecule has 0 spiro atoms. The Balaban J connectivity index is 1.67. The van der Waals surface area contributed by atoms with Crippen molar-refractivity contribution in [3.8, 4) is 5.69 Å². The number of para-hydroxylation sites is 1. The van der Waals surface area contributed by atoms with Crippen LogP contribution in [0.25, 0.3) is 5.69 Å². The molecule has 3 aromatic rings. The molecule has 4 rings (SSSR count). The van der Waals surface area contributed by atoms with Crippen molar-refractivity contribution < 1.29 is 4.79 Å². The third-order valence-corrected chi connectivity index (χ3v) is 5.16. The van der Waals surface area contributed by atoms with Crippen LogP contribution in [0.4, 0.5) is 0 Å². The van der Waals surface area contributed by atoms with Gasteiger partial charge in [0, 0.05) is 31.1 Å². The average Bonchev–Trinajstić information content (AvgIpc) is 3.18. The third kappa shape index (κ3) is 3.66. The van der Waals surface area contributed by atoms with Crippen LogP contribution in [-0.4, -0.2) is 45.2 Å². The lowest BCUT2D eigenvalue weighted by atomic mass is 10.0. The van der Waals surface area contributed by atoms with E-state index >= 15 is 0 Å².